The van der Waals surface area contributed by atoms with Crippen molar-refractivity contribution in [2.45, 2.75) is 77.4 Å². The predicted octanol–water partition coefficient (Wildman–Crippen LogP) is 4.34. The van der Waals surface area contributed by atoms with Crippen LogP contribution in [0.3, 0.4) is 0 Å². The largest absolute Gasteiger partial charge is 0.389 e. The van der Waals surface area contributed by atoms with Crippen molar-refractivity contribution in [3.63, 3.8) is 0 Å². The maximum absolute atomic E-state index is 12.3. The summed E-state index contributed by atoms with van der Waals surface area (Å²) in [6.07, 6.45) is 0.211. The van der Waals surface area contributed by atoms with Crippen molar-refractivity contribution in [1.29, 1.82) is 0 Å². The Hall–Kier alpha value is -0.290. The molecule has 0 fully saturated rings. The van der Waals surface area contributed by atoms with Crippen LogP contribution in [0.5, 0.6) is 0 Å². The lowest BCUT2D eigenvalue weighted by Crippen LogP contribution is -2.52. The van der Waals surface area contributed by atoms with Crippen molar-refractivity contribution in [3.05, 3.63) is 0 Å². The Balaban J connectivity index is 4.55. The van der Waals surface area contributed by atoms with Crippen molar-refractivity contribution >= 4 is 0 Å². The maximum atomic E-state index is 12.3. The monoisotopic (exact) mass is 296 g/mol. The molecule has 1 unspecified atom stereocenters. The van der Waals surface area contributed by atoms with Crippen molar-refractivity contribution in [3.8, 4) is 0 Å². The summed E-state index contributed by atoms with van der Waals surface area (Å²) in [4.78, 5) is 2.30. The molecule has 0 radical (unpaired) electrons. The number of unbranched alkanes of at least 4 members (excludes halogenated alkanes) is 2. The van der Waals surface area contributed by atoms with E-state index in [1.54, 1.807) is 0 Å². The van der Waals surface area contributed by atoms with Crippen molar-refractivity contribution < 1.29 is 13.2 Å². The zero-order valence-corrected chi connectivity index (χ0v) is 13.2. The van der Waals surface area contributed by atoms with E-state index in [4.69, 9.17) is 5.73 Å². The minimum atomic E-state index is -4.06. The molecule has 0 amide bonds. The van der Waals surface area contributed by atoms with Crippen LogP contribution in [0.2, 0.25) is 0 Å². The summed E-state index contributed by atoms with van der Waals surface area (Å²) in [5.41, 5.74) is 5.57. The summed E-state index contributed by atoms with van der Waals surface area (Å²) in [5.74, 6) is 0. The van der Waals surface area contributed by atoms with Gasteiger partial charge in [-0.1, -0.05) is 26.7 Å². The maximum Gasteiger partial charge on any atom is 0.389 e. The topological polar surface area (TPSA) is 29.3 Å². The number of rotatable bonds is 11. The van der Waals surface area contributed by atoms with E-state index in [1.165, 1.54) is 0 Å². The molecule has 0 saturated carbocycles. The van der Waals surface area contributed by atoms with Crippen LogP contribution in [-0.2, 0) is 0 Å². The third-order valence-electron chi connectivity index (χ3n) is 3.94. The zero-order chi connectivity index (χ0) is 15.6. The Morgan fingerprint density at radius 2 is 1.40 bits per heavy atom. The molecule has 0 aliphatic heterocycles. The van der Waals surface area contributed by atoms with Crippen LogP contribution in [0.15, 0.2) is 0 Å². The van der Waals surface area contributed by atoms with E-state index in [1.807, 2.05) is 6.92 Å². The predicted molar refractivity (Wildman–Crippen MR) is 78.8 cm³/mol. The average Bonchev–Trinajstić information content (AvgIpc) is 2.37. The summed E-state index contributed by atoms with van der Waals surface area (Å²) in [6.45, 7) is 8.53. The third kappa shape index (κ3) is 8.10. The van der Waals surface area contributed by atoms with Crippen LogP contribution in [0.1, 0.15) is 65.7 Å². The highest BCUT2D eigenvalue weighted by atomic mass is 19.4. The minimum Gasteiger partial charge on any atom is -0.329 e. The molecule has 2 nitrogen and oxygen atoms in total. The molecule has 0 saturated heterocycles. The van der Waals surface area contributed by atoms with Gasteiger partial charge in [0.25, 0.3) is 0 Å². The first-order valence-corrected chi connectivity index (χ1v) is 7.81. The van der Waals surface area contributed by atoms with E-state index < -0.39 is 12.6 Å². The molecule has 1 atom stereocenters. The van der Waals surface area contributed by atoms with Crippen LogP contribution in [0, 0.1) is 0 Å². The Morgan fingerprint density at radius 3 is 1.75 bits per heavy atom. The Morgan fingerprint density at radius 1 is 0.900 bits per heavy atom. The summed E-state index contributed by atoms with van der Waals surface area (Å²) < 4.78 is 36.9. The van der Waals surface area contributed by atoms with E-state index in [-0.39, 0.29) is 12.0 Å². The molecular weight excluding hydrogens is 265 g/mol. The molecule has 0 aliphatic carbocycles. The highest BCUT2D eigenvalue weighted by molar-refractivity contribution is 4.87. The highest BCUT2D eigenvalue weighted by Gasteiger charge is 2.32. The van der Waals surface area contributed by atoms with Crippen LogP contribution in [0.25, 0.3) is 0 Å². The SMILES string of the molecule is CCCCN(CCCC)C(C)(CN)CCCC(F)(F)F. The van der Waals surface area contributed by atoms with Gasteiger partial charge in [0, 0.05) is 18.5 Å². The normalized spacial score (nSPS) is 15.6. The van der Waals surface area contributed by atoms with Gasteiger partial charge in [-0.3, -0.25) is 4.90 Å². The number of hydrogen-bond acceptors (Lipinski definition) is 2. The molecule has 0 bridgehead atoms. The Bertz CT molecular complexity index is 236. The van der Waals surface area contributed by atoms with E-state index in [0.29, 0.717) is 13.0 Å². The van der Waals surface area contributed by atoms with Gasteiger partial charge in [0.05, 0.1) is 0 Å². The molecule has 122 valence electrons. The molecule has 0 aliphatic rings. The molecule has 0 spiro atoms. The lowest BCUT2D eigenvalue weighted by atomic mass is 9.91. The summed E-state index contributed by atoms with van der Waals surface area (Å²) in [7, 11) is 0. The fourth-order valence-corrected chi connectivity index (χ4v) is 2.41. The quantitative estimate of drug-likeness (QED) is 0.614. The van der Waals surface area contributed by atoms with Gasteiger partial charge in [-0.05, 0) is 45.7 Å². The van der Waals surface area contributed by atoms with Crippen LogP contribution >= 0.6 is 0 Å². The summed E-state index contributed by atoms with van der Waals surface area (Å²) in [5, 5.41) is 0. The number of halogens is 3. The Labute approximate surface area is 121 Å². The van der Waals surface area contributed by atoms with Crippen molar-refractivity contribution in [2.24, 2.45) is 5.73 Å². The second-order valence-electron chi connectivity index (χ2n) is 5.86. The van der Waals surface area contributed by atoms with Gasteiger partial charge in [0.2, 0.25) is 0 Å². The second kappa shape index (κ2) is 9.61. The molecule has 2 N–H and O–H groups in total. The number of nitrogens with zero attached hydrogens (tertiary/aromatic N) is 1. The number of nitrogens with two attached hydrogens (primary N) is 1. The van der Waals surface area contributed by atoms with Crippen LogP contribution < -0.4 is 5.73 Å². The molecule has 20 heavy (non-hydrogen) atoms. The van der Waals surface area contributed by atoms with Crippen LogP contribution in [0.4, 0.5) is 13.2 Å². The fraction of sp³-hybridized carbons (Fsp3) is 1.00. The minimum absolute atomic E-state index is 0.159. The number of hydrogen-bond donors (Lipinski definition) is 1. The van der Waals surface area contributed by atoms with Gasteiger partial charge < -0.3 is 5.73 Å². The molecule has 0 aromatic heterocycles. The Kier molecular flexibility index (Phi) is 9.47. The van der Waals surface area contributed by atoms with E-state index in [0.717, 1.165) is 38.8 Å². The van der Waals surface area contributed by atoms with Gasteiger partial charge in [0.1, 0.15) is 0 Å². The van der Waals surface area contributed by atoms with Crippen LogP contribution in [-0.4, -0.2) is 36.2 Å². The fourth-order valence-electron chi connectivity index (χ4n) is 2.41. The smallest absolute Gasteiger partial charge is 0.329 e. The van der Waals surface area contributed by atoms with Gasteiger partial charge in [-0.15, -0.1) is 0 Å². The lowest BCUT2D eigenvalue weighted by molar-refractivity contribution is -0.136. The van der Waals surface area contributed by atoms with E-state index in [9.17, 15) is 13.2 Å². The molecule has 5 heteroatoms. The molecule has 0 heterocycles. The van der Waals surface area contributed by atoms with E-state index >= 15 is 0 Å². The van der Waals surface area contributed by atoms with Crippen molar-refractivity contribution in [2.75, 3.05) is 19.6 Å². The zero-order valence-electron chi connectivity index (χ0n) is 13.2. The summed E-state index contributed by atoms with van der Waals surface area (Å²) >= 11 is 0. The van der Waals surface area contributed by atoms with E-state index in [2.05, 4.69) is 18.7 Å². The molecular formula is C15H31F3N2. The molecule has 0 aromatic rings. The highest BCUT2D eigenvalue weighted by Crippen LogP contribution is 2.28. The van der Waals surface area contributed by atoms with Gasteiger partial charge in [-0.2, -0.15) is 13.2 Å². The molecule has 0 rings (SSSR count). The van der Waals surface area contributed by atoms with Gasteiger partial charge >= 0.3 is 6.18 Å². The molecule has 0 aromatic carbocycles. The average molecular weight is 296 g/mol. The summed E-state index contributed by atoms with van der Waals surface area (Å²) in [6, 6.07) is 0. The van der Waals surface area contributed by atoms with Gasteiger partial charge in [-0.25, -0.2) is 0 Å². The first kappa shape index (κ1) is 19.7. The first-order chi connectivity index (χ1) is 9.29. The first-order valence-electron chi connectivity index (χ1n) is 7.81. The standard InChI is InChI=1S/C15H31F3N2/c1-4-6-11-20(12-7-5-2)14(3,13-19)9-8-10-15(16,17)18/h4-13,19H2,1-3H3. The van der Waals surface area contributed by atoms with Crippen molar-refractivity contribution in [1.82, 2.24) is 4.90 Å². The second-order valence-corrected chi connectivity index (χ2v) is 5.86. The number of alkyl halides is 3. The lowest BCUT2D eigenvalue weighted by Gasteiger charge is -2.41. The third-order valence-corrected chi connectivity index (χ3v) is 3.94. The van der Waals surface area contributed by atoms with Gasteiger partial charge in [0.15, 0.2) is 0 Å².